The molecule has 19 heteroatoms. The zero-order valence-electron chi connectivity index (χ0n) is 68.1. The van der Waals surface area contributed by atoms with Gasteiger partial charge in [-0.2, -0.15) is 0 Å². The Labute approximate surface area is 666 Å². The van der Waals surface area contributed by atoms with Crippen LogP contribution in [0.15, 0.2) is 194 Å². The van der Waals surface area contributed by atoms with Crippen LogP contribution in [0.25, 0.3) is 0 Å². The molecule has 0 spiro atoms. The molecule has 622 valence electrons. The first kappa shape index (κ1) is 104. The molecule has 0 rings (SSSR count). The third-order valence-electron chi connectivity index (χ3n) is 16.6. The Kier molecular flexibility index (Phi) is 76.4. The van der Waals surface area contributed by atoms with E-state index in [-0.39, 0.29) is 25.7 Å². The maximum atomic E-state index is 13.1. The van der Waals surface area contributed by atoms with Crippen LogP contribution in [0.4, 0.5) is 0 Å². The Morgan fingerprint density at radius 2 is 0.491 bits per heavy atom. The van der Waals surface area contributed by atoms with Crippen molar-refractivity contribution < 1.29 is 80.2 Å². The Morgan fingerprint density at radius 1 is 0.264 bits per heavy atom. The number of esters is 4. The molecule has 0 aliphatic carbocycles. The van der Waals surface area contributed by atoms with E-state index in [4.69, 9.17) is 37.0 Å². The van der Waals surface area contributed by atoms with Crippen LogP contribution in [-0.2, 0) is 65.4 Å². The lowest BCUT2D eigenvalue weighted by Crippen LogP contribution is -2.30. The number of phosphoric ester groups is 2. The van der Waals surface area contributed by atoms with Gasteiger partial charge in [-0.05, 0) is 141 Å². The molecule has 3 N–H and O–H groups in total. The molecule has 0 aliphatic rings. The van der Waals surface area contributed by atoms with Crippen molar-refractivity contribution in [1.29, 1.82) is 0 Å². The van der Waals surface area contributed by atoms with Crippen LogP contribution in [0.1, 0.15) is 297 Å². The second-order valence-corrected chi connectivity index (χ2v) is 29.8. The molecule has 0 aromatic carbocycles. The molecule has 0 aromatic rings. The quantitative estimate of drug-likeness (QED) is 0.0169. The maximum Gasteiger partial charge on any atom is 0.472 e. The molecule has 0 amide bonds. The zero-order chi connectivity index (χ0) is 80.3. The van der Waals surface area contributed by atoms with Gasteiger partial charge in [0.2, 0.25) is 0 Å². The van der Waals surface area contributed by atoms with E-state index in [1.807, 2.05) is 36.5 Å². The van der Waals surface area contributed by atoms with E-state index >= 15 is 0 Å². The van der Waals surface area contributed by atoms with Gasteiger partial charge in [-0.1, -0.05) is 325 Å². The molecule has 17 nitrogen and oxygen atoms in total. The molecule has 5 atom stereocenters. The fraction of sp³-hybridized carbons (Fsp3) is 0.604. The number of carbonyl (C=O) groups is 4. The van der Waals surface area contributed by atoms with Gasteiger partial charge in [0.25, 0.3) is 0 Å². The molecule has 0 radical (unpaired) electrons. The van der Waals surface area contributed by atoms with Crippen LogP contribution in [0.2, 0.25) is 0 Å². The average Bonchev–Trinajstić information content (AvgIpc) is 0.900. The van der Waals surface area contributed by atoms with Gasteiger partial charge < -0.3 is 33.8 Å². The molecule has 0 heterocycles. The number of rotatable bonds is 76. The lowest BCUT2D eigenvalue weighted by molar-refractivity contribution is -0.161. The number of allylic oxidation sites excluding steroid dienone is 32. The predicted molar refractivity (Wildman–Crippen MR) is 454 cm³/mol. The van der Waals surface area contributed by atoms with Gasteiger partial charge in [-0.15, -0.1) is 0 Å². The van der Waals surface area contributed by atoms with Crippen LogP contribution in [0.5, 0.6) is 0 Å². The van der Waals surface area contributed by atoms with Crippen molar-refractivity contribution in [1.82, 2.24) is 0 Å². The highest BCUT2D eigenvalue weighted by molar-refractivity contribution is 7.47. The minimum Gasteiger partial charge on any atom is -0.462 e. The number of ether oxygens (including phenoxy) is 4. The number of hydrogen-bond acceptors (Lipinski definition) is 15. The summed E-state index contributed by atoms with van der Waals surface area (Å²) < 4.78 is 68.6. The van der Waals surface area contributed by atoms with E-state index in [2.05, 4.69) is 186 Å². The Hall–Kier alpha value is -6.10. The number of unbranched alkanes of at least 4 members (excludes halogenated alkanes) is 18. The summed E-state index contributed by atoms with van der Waals surface area (Å²) in [5, 5.41) is 10.7. The molecular weight excluding hydrogens is 1430 g/mol. The zero-order valence-corrected chi connectivity index (χ0v) is 69.9. The highest BCUT2D eigenvalue weighted by Gasteiger charge is 2.30. The topological polar surface area (TPSA) is 237 Å². The summed E-state index contributed by atoms with van der Waals surface area (Å²) in [6.45, 7) is 4.34. The maximum absolute atomic E-state index is 13.1. The van der Waals surface area contributed by atoms with Gasteiger partial charge in [0.15, 0.2) is 12.2 Å². The summed E-state index contributed by atoms with van der Waals surface area (Å²) in [5.74, 6) is -2.40. The number of aliphatic hydroxyl groups excluding tert-OH is 1. The van der Waals surface area contributed by atoms with E-state index in [0.29, 0.717) is 38.5 Å². The summed E-state index contributed by atoms with van der Waals surface area (Å²) in [6.07, 6.45) is 100. The number of hydrogen-bond donors (Lipinski definition) is 3. The molecule has 110 heavy (non-hydrogen) atoms. The lowest BCUT2D eigenvalue weighted by atomic mass is 10.0. The lowest BCUT2D eigenvalue weighted by Gasteiger charge is -2.21. The molecule has 5 unspecified atom stereocenters. The summed E-state index contributed by atoms with van der Waals surface area (Å²) >= 11 is 0. The molecule has 0 aliphatic heterocycles. The van der Waals surface area contributed by atoms with Gasteiger partial charge >= 0.3 is 39.5 Å². The largest absolute Gasteiger partial charge is 0.472 e. The molecule has 0 aromatic heterocycles. The van der Waals surface area contributed by atoms with E-state index in [1.54, 1.807) is 0 Å². The van der Waals surface area contributed by atoms with Gasteiger partial charge in [0.1, 0.15) is 19.3 Å². The van der Waals surface area contributed by atoms with Gasteiger partial charge in [0.05, 0.1) is 26.4 Å². The third kappa shape index (κ3) is 80.0. The van der Waals surface area contributed by atoms with Crippen molar-refractivity contribution in [3.8, 4) is 0 Å². The van der Waals surface area contributed by atoms with E-state index in [0.717, 1.165) is 154 Å². The molecular formula is C91H146O17P2. The first-order valence-corrected chi connectivity index (χ1v) is 44.7. The second kappa shape index (κ2) is 80.9. The first-order valence-electron chi connectivity index (χ1n) is 41.7. The van der Waals surface area contributed by atoms with Gasteiger partial charge in [-0.3, -0.25) is 37.3 Å². The Bertz CT molecular complexity index is 2850. The number of carbonyl (C=O) groups excluding carboxylic acids is 4. The van der Waals surface area contributed by atoms with Crippen LogP contribution in [0, 0.1) is 0 Å². The van der Waals surface area contributed by atoms with Crippen molar-refractivity contribution in [2.75, 3.05) is 39.6 Å². The van der Waals surface area contributed by atoms with E-state index in [9.17, 15) is 43.2 Å². The molecule has 0 saturated carbocycles. The summed E-state index contributed by atoms with van der Waals surface area (Å²) in [7, 11) is -10.0. The first-order chi connectivity index (χ1) is 53.7. The van der Waals surface area contributed by atoms with Crippen molar-refractivity contribution in [2.45, 2.75) is 316 Å². The van der Waals surface area contributed by atoms with E-state index < -0.39 is 97.5 Å². The van der Waals surface area contributed by atoms with Crippen molar-refractivity contribution >= 4 is 39.5 Å². The summed E-state index contributed by atoms with van der Waals surface area (Å²) in [6, 6.07) is 0. The highest BCUT2D eigenvalue weighted by Crippen LogP contribution is 2.45. The third-order valence-corrected chi connectivity index (χ3v) is 18.5. The SMILES string of the molecule is CC/C=C\C/C=C\C/C=C\C/C=C\C/C=C\C/C=C\CCC(=O)OCC(COP(=O)(O)OCC(O)COP(=O)(O)OCC(COC(=O)CCCCCCCC/C=C\C/C=C\C/C=C\C/C=C\CC)OC(=O)CCCCCCCCCCCCCCC)OC(=O)CC/C=C\C/C=C\C/C=C\C/C=C\C/C=C\C/C=C\CC. The second-order valence-electron chi connectivity index (χ2n) is 26.9. The van der Waals surface area contributed by atoms with Gasteiger partial charge in [-0.25, -0.2) is 9.13 Å². The monoisotopic (exact) mass is 1570 g/mol. The average molecular weight is 1570 g/mol. The smallest absolute Gasteiger partial charge is 0.462 e. The normalized spacial score (nSPS) is 14.8. The minimum absolute atomic E-state index is 0.0128. The van der Waals surface area contributed by atoms with Crippen LogP contribution < -0.4 is 0 Å². The molecule has 0 bridgehead atoms. The summed E-state index contributed by atoms with van der Waals surface area (Å²) in [4.78, 5) is 73.1. The number of aliphatic hydroxyl groups is 1. The van der Waals surface area contributed by atoms with Crippen LogP contribution in [0.3, 0.4) is 0 Å². The number of phosphoric acid groups is 2. The Morgan fingerprint density at radius 3 is 0.800 bits per heavy atom. The predicted octanol–water partition coefficient (Wildman–Crippen LogP) is 24.9. The molecule has 0 fully saturated rings. The minimum atomic E-state index is -5.03. The van der Waals surface area contributed by atoms with Gasteiger partial charge in [0, 0.05) is 25.7 Å². The summed E-state index contributed by atoms with van der Waals surface area (Å²) in [5.41, 5.74) is 0. The molecule has 0 saturated heterocycles. The van der Waals surface area contributed by atoms with Crippen molar-refractivity contribution in [3.05, 3.63) is 194 Å². The fourth-order valence-corrected chi connectivity index (χ4v) is 12.0. The standard InChI is InChI=1S/C91H146O17P2/c1-5-9-13-17-21-25-29-33-36-39-42-45-48-52-55-59-63-67-71-75-88(93)101-81-86(107-90(95)77-73-69-65-61-57-51-32-28-24-20-16-12-8-4)83-105-109(97,98)103-79-85(92)80-104-110(99,100)106-84-87(108-91(96)78-74-70-66-62-58-54-50-47-44-41-38-35-31-27-23-19-15-11-7-3)82-102-89(94)76-72-68-64-60-56-53-49-46-43-40-37-34-30-26-22-18-14-10-6-2/h9-11,13-15,21-23,25-27,33-38,42-47,53-54,56,58,64,66,68,70,85-87,92H,5-8,12,16-20,24,28-32,39-41,48-52,55,57,59-63,65,67,69,71-84H2,1-4H3,(H,97,98)(H,99,100)/b13-9-,14-10-,15-11-,25-21-,26-22-,27-23-,36-33-,37-34-,38-35-,45-42-,46-43-,47-44-,56-53-,58-54-,68-64-,70-66-. The van der Waals surface area contributed by atoms with Crippen LogP contribution in [-0.4, -0.2) is 96.7 Å². The highest BCUT2D eigenvalue weighted by atomic mass is 31.2. The fourth-order valence-electron chi connectivity index (χ4n) is 10.4. The van der Waals surface area contributed by atoms with Crippen molar-refractivity contribution in [3.63, 3.8) is 0 Å². The van der Waals surface area contributed by atoms with Crippen molar-refractivity contribution in [2.24, 2.45) is 0 Å². The van der Waals surface area contributed by atoms with E-state index in [1.165, 1.54) is 51.4 Å². The Balaban J connectivity index is 5.52. The van der Waals surface area contributed by atoms with Crippen LogP contribution >= 0.6 is 15.6 Å².